The Morgan fingerprint density at radius 2 is 1.89 bits per heavy atom. The summed E-state index contributed by atoms with van der Waals surface area (Å²) < 4.78 is 24.3. The molecule has 0 aliphatic carbocycles. The van der Waals surface area contributed by atoms with E-state index in [0.717, 1.165) is 34.8 Å². The molecule has 10 heteroatoms. The second-order valence-corrected chi connectivity index (χ2v) is 9.21. The third-order valence-corrected chi connectivity index (χ3v) is 6.80. The Balaban J connectivity index is 1.90. The number of Topliss-reactive ketones (excluding diaryl/α,β-unsaturated/α-hetero) is 1. The number of esters is 1. The van der Waals surface area contributed by atoms with E-state index >= 15 is 0 Å². The van der Waals surface area contributed by atoms with Crippen LogP contribution >= 0.6 is 11.3 Å². The van der Waals surface area contributed by atoms with Gasteiger partial charge in [0.1, 0.15) is 22.2 Å². The SMILES string of the molecule is CCCOc1cccc(C2/C(=C(\O)c3ccc(F)cc3)C(=O)C(=O)N2c2nc(C)c(C(=O)OCC)s2)c1. The summed E-state index contributed by atoms with van der Waals surface area (Å²) in [7, 11) is 0. The van der Waals surface area contributed by atoms with E-state index in [1.165, 1.54) is 12.1 Å². The van der Waals surface area contributed by atoms with E-state index in [4.69, 9.17) is 9.47 Å². The zero-order chi connectivity index (χ0) is 26.7. The van der Waals surface area contributed by atoms with Crippen LogP contribution in [0.3, 0.4) is 0 Å². The highest BCUT2D eigenvalue weighted by Crippen LogP contribution is 2.44. The van der Waals surface area contributed by atoms with E-state index in [9.17, 15) is 23.9 Å². The number of nitrogens with zero attached hydrogens (tertiary/aromatic N) is 2. The van der Waals surface area contributed by atoms with Crippen molar-refractivity contribution < 1.29 is 33.4 Å². The van der Waals surface area contributed by atoms with Crippen molar-refractivity contribution in [2.24, 2.45) is 0 Å². The number of halogens is 1. The van der Waals surface area contributed by atoms with E-state index in [1.807, 2.05) is 6.92 Å². The van der Waals surface area contributed by atoms with Gasteiger partial charge in [-0.1, -0.05) is 30.4 Å². The lowest BCUT2D eigenvalue weighted by Gasteiger charge is -2.23. The number of aromatic nitrogens is 1. The van der Waals surface area contributed by atoms with Gasteiger partial charge >= 0.3 is 11.9 Å². The molecule has 0 bridgehead atoms. The summed E-state index contributed by atoms with van der Waals surface area (Å²) >= 11 is 0.921. The van der Waals surface area contributed by atoms with E-state index in [0.29, 0.717) is 23.6 Å². The van der Waals surface area contributed by atoms with E-state index in [-0.39, 0.29) is 27.8 Å². The predicted octanol–water partition coefficient (Wildman–Crippen LogP) is 5.18. The van der Waals surface area contributed by atoms with Gasteiger partial charge in [0, 0.05) is 5.56 Å². The molecule has 0 saturated carbocycles. The fraction of sp³-hybridized carbons (Fsp3) is 0.259. The van der Waals surface area contributed by atoms with Crippen molar-refractivity contribution in [1.82, 2.24) is 4.98 Å². The molecule has 4 rings (SSSR count). The van der Waals surface area contributed by atoms with Crippen LogP contribution in [0.4, 0.5) is 9.52 Å². The number of benzene rings is 2. The quantitative estimate of drug-likeness (QED) is 0.187. The Hall–Kier alpha value is -4.05. The maximum Gasteiger partial charge on any atom is 0.350 e. The number of rotatable bonds is 8. The van der Waals surface area contributed by atoms with E-state index in [2.05, 4.69) is 4.98 Å². The summed E-state index contributed by atoms with van der Waals surface area (Å²) in [5, 5.41) is 11.3. The summed E-state index contributed by atoms with van der Waals surface area (Å²) in [6.45, 7) is 5.88. The van der Waals surface area contributed by atoms with Crippen LogP contribution in [0.1, 0.15) is 52.8 Å². The van der Waals surface area contributed by atoms with Crippen molar-refractivity contribution in [2.45, 2.75) is 33.2 Å². The Morgan fingerprint density at radius 1 is 1.16 bits per heavy atom. The molecule has 1 unspecified atom stereocenters. The number of ether oxygens (including phenoxy) is 2. The molecule has 0 radical (unpaired) electrons. The first-order valence-electron chi connectivity index (χ1n) is 11.7. The van der Waals surface area contributed by atoms with Gasteiger partial charge in [-0.25, -0.2) is 14.2 Å². The third-order valence-electron chi connectivity index (χ3n) is 5.66. The van der Waals surface area contributed by atoms with Crippen molar-refractivity contribution in [1.29, 1.82) is 0 Å². The Bertz CT molecular complexity index is 1380. The number of amides is 1. The fourth-order valence-corrected chi connectivity index (χ4v) is 4.96. The maximum atomic E-state index is 13.5. The maximum absolute atomic E-state index is 13.5. The third kappa shape index (κ3) is 5.10. The molecule has 8 nitrogen and oxygen atoms in total. The van der Waals surface area contributed by atoms with Crippen molar-refractivity contribution >= 4 is 39.9 Å². The number of anilines is 1. The predicted molar refractivity (Wildman–Crippen MR) is 136 cm³/mol. The molecular formula is C27H25FN2O6S. The number of aliphatic hydroxyl groups excluding tert-OH is 1. The van der Waals surface area contributed by atoms with Crippen LogP contribution in [0.15, 0.2) is 54.1 Å². The standard InChI is InChI=1S/C27H25FN2O6S/c1-4-13-36-19-8-6-7-17(14-19)21-20(22(31)16-9-11-18(28)12-10-16)23(32)25(33)30(21)27-29-15(3)24(37-27)26(34)35-5-2/h6-12,14,21,31H,4-5,13H2,1-3H3/b22-20+. The Kier molecular flexibility index (Phi) is 7.68. The summed E-state index contributed by atoms with van der Waals surface area (Å²) in [4.78, 5) is 44.8. The molecule has 2 heterocycles. The van der Waals surface area contributed by atoms with Crippen molar-refractivity contribution in [3.05, 3.63) is 81.6 Å². The molecule has 1 saturated heterocycles. The average molecular weight is 525 g/mol. The molecule has 1 fully saturated rings. The largest absolute Gasteiger partial charge is 0.507 e. The van der Waals surface area contributed by atoms with Gasteiger partial charge in [-0.15, -0.1) is 0 Å². The van der Waals surface area contributed by atoms with Crippen LogP contribution in [-0.4, -0.2) is 41.0 Å². The fourth-order valence-electron chi connectivity index (χ4n) is 3.97. The normalized spacial score (nSPS) is 16.8. The Morgan fingerprint density at radius 3 is 2.57 bits per heavy atom. The van der Waals surface area contributed by atoms with Gasteiger partial charge < -0.3 is 14.6 Å². The van der Waals surface area contributed by atoms with Crippen LogP contribution in [0.5, 0.6) is 5.75 Å². The molecule has 37 heavy (non-hydrogen) atoms. The summed E-state index contributed by atoms with van der Waals surface area (Å²) in [5.74, 6) is -2.88. The zero-order valence-electron chi connectivity index (χ0n) is 20.5. The first-order chi connectivity index (χ1) is 17.8. The number of thiazole rings is 1. The van der Waals surface area contributed by atoms with Crippen molar-refractivity contribution in [2.75, 3.05) is 18.1 Å². The minimum absolute atomic E-state index is 0.102. The molecule has 1 N–H and O–H groups in total. The number of carbonyl (C=O) groups excluding carboxylic acids is 3. The second-order valence-electron chi connectivity index (χ2n) is 8.23. The smallest absolute Gasteiger partial charge is 0.350 e. The van der Waals surface area contributed by atoms with Gasteiger partial charge in [-0.2, -0.15) is 0 Å². The van der Waals surface area contributed by atoms with Crippen molar-refractivity contribution in [3.8, 4) is 5.75 Å². The average Bonchev–Trinajstić information content (AvgIpc) is 3.40. The van der Waals surface area contributed by atoms with Crippen LogP contribution in [0, 0.1) is 12.7 Å². The molecular weight excluding hydrogens is 499 g/mol. The number of aliphatic hydroxyl groups is 1. The summed E-state index contributed by atoms with van der Waals surface area (Å²) in [6, 6.07) is 10.7. The molecule has 1 amide bonds. The topological polar surface area (TPSA) is 106 Å². The first-order valence-corrected chi connectivity index (χ1v) is 12.5. The minimum atomic E-state index is -1.07. The Labute approximate surface area is 217 Å². The van der Waals surface area contributed by atoms with Gasteiger partial charge in [0.25, 0.3) is 5.78 Å². The molecule has 3 aromatic rings. The molecule has 1 aromatic heterocycles. The highest BCUT2D eigenvalue weighted by molar-refractivity contribution is 7.17. The van der Waals surface area contributed by atoms with Crippen LogP contribution in [-0.2, 0) is 14.3 Å². The highest BCUT2D eigenvalue weighted by atomic mass is 32.1. The van der Waals surface area contributed by atoms with Crippen molar-refractivity contribution in [3.63, 3.8) is 0 Å². The van der Waals surface area contributed by atoms with Gasteiger partial charge in [0.15, 0.2) is 5.13 Å². The monoisotopic (exact) mass is 524 g/mol. The lowest BCUT2D eigenvalue weighted by molar-refractivity contribution is -0.132. The lowest BCUT2D eigenvalue weighted by Crippen LogP contribution is -2.29. The summed E-state index contributed by atoms with van der Waals surface area (Å²) in [6.07, 6.45) is 0.780. The molecule has 1 aliphatic rings. The van der Waals surface area contributed by atoms with Gasteiger partial charge in [0.05, 0.1) is 30.5 Å². The van der Waals surface area contributed by atoms with Gasteiger partial charge in [0.2, 0.25) is 0 Å². The van der Waals surface area contributed by atoms with Crippen LogP contribution in [0.2, 0.25) is 0 Å². The molecule has 1 aliphatic heterocycles. The minimum Gasteiger partial charge on any atom is -0.507 e. The highest BCUT2D eigenvalue weighted by Gasteiger charge is 2.48. The lowest BCUT2D eigenvalue weighted by atomic mass is 9.95. The molecule has 1 atom stereocenters. The number of carbonyl (C=O) groups is 3. The van der Waals surface area contributed by atoms with E-state index < -0.39 is 35.3 Å². The van der Waals surface area contributed by atoms with Gasteiger partial charge in [-0.3, -0.25) is 14.5 Å². The first kappa shape index (κ1) is 26.0. The van der Waals surface area contributed by atoms with Crippen LogP contribution < -0.4 is 9.64 Å². The molecule has 2 aromatic carbocycles. The molecule has 0 spiro atoms. The van der Waals surface area contributed by atoms with Gasteiger partial charge in [-0.05, 0) is 62.2 Å². The van der Waals surface area contributed by atoms with E-state index in [1.54, 1.807) is 38.1 Å². The number of aryl methyl sites for hydroxylation is 1. The number of hydrogen-bond acceptors (Lipinski definition) is 8. The van der Waals surface area contributed by atoms with Crippen LogP contribution in [0.25, 0.3) is 5.76 Å². The number of hydrogen-bond donors (Lipinski definition) is 1. The number of ketones is 1. The second kappa shape index (κ2) is 10.9. The summed E-state index contributed by atoms with van der Waals surface area (Å²) in [5.41, 5.74) is 0.819. The molecule has 192 valence electrons. The zero-order valence-corrected chi connectivity index (χ0v) is 21.3.